The van der Waals surface area contributed by atoms with Crippen LogP contribution in [0, 0.1) is 6.92 Å². The fourth-order valence-corrected chi connectivity index (χ4v) is 3.60. The van der Waals surface area contributed by atoms with Crippen LogP contribution in [0.1, 0.15) is 30.6 Å². The van der Waals surface area contributed by atoms with Crippen molar-refractivity contribution >= 4 is 23.4 Å². The van der Waals surface area contributed by atoms with Gasteiger partial charge < -0.3 is 20.6 Å². The third kappa shape index (κ3) is 5.36. The smallest absolute Gasteiger partial charge is 0.191 e. The van der Waals surface area contributed by atoms with Crippen LogP contribution in [-0.2, 0) is 0 Å². The Balaban J connectivity index is 1.60. The van der Waals surface area contributed by atoms with Gasteiger partial charge in [-0.2, -0.15) is 0 Å². The van der Waals surface area contributed by atoms with Gasteiger partial charge in [-0.05, 0) is 38.0 Å². The quantitative estimate of drug-likeness (QED) is 0.512. The standard InChI is InChI=1S/C21H28ClN5O/c1-3-23-21(25-13-19(28)16-7-4-6-15(2)12-16)26-17-9-11-27(14-17)20-18(22)8-5-10-24-20/h4-8,10,12,17,19,28H,3,9,11,13-14H2,1-2H3,(H2,23,25,26). The second kappa shape index (κ2) is 9.75. The second-order valence-corrected chi connectivity index (χ2v) is 7.44. The zero-order valence-corrected chi connectivity index (χ0v) is 17.2. The molecule has 0 saturated carbocycles. The fraction of sp³-hybridized carbons (Fsp3) is 0.429. The van der Waals surface area contributed by atoms with Crippen molar-refractivity contribution in [1.29, 1.82) is 0 Å². The van der Waals surface area contributed by atoms with Gasteiger partial charge in [0.1, 0.15) is 5.82 Å². The first-order valence-corrected chi connectivity index (χ1v) is 10.1. The molecule has 1 saturated heterocycles. The lowest BCUT2D eigenvalue weighted by Crippen LogP contribution is -2.44. The Morgan fingerprint density at radius 2 is 2.25 bits per heavy atom. The van der Waals surface area contributed by atoms with E-state index in [0.29, 0.717) is 17.5 Å². The molecule has 1 aliphatic rings. The van der Waals surface area contributed by atoms with Crippen LogP contribution in [0.2, 0.25) is 5.02 Å². The van der Waals surface area contributed by atoms with Crippen molar-refractivity contribution in [2.45, 2.75) is 32.4 Å². The molecule has 150 valence electrons. The molecule has 6 nitrogen and oxygen atoms in total. The van der Waals surface area contributed by atoms with Crippen LogP contribution in [-0.4, -0.2) is 48.3 Å². The first-order chi connectivity index (χ1) is 13.6. The van der Waals surface area contributed by atoms with Gasteiger partial charge >= 0.3 is 0 Å². The van der Waals surface area contributed by atoms with E-state index < -0.39 is 6.10 Å². The molecular formula is C21H28ClN5O. The average Bonchev–Trinajstić information content (AvgIpc) is 3.14. The number of nitrogens with one attached hydrogen (secondary N) is 2. The molecule has 0 radical (unpaired) electrons. The number of aromatic nitrogens is 1. The van der Waals surface area contributed by atoms with E-state index >= 15 is 0 Å². The molecule has 0 aliphatic carbocycles. The van der Waals surface area contributed by atoms with Gasteiger partial charge in [-0.25, -0.2) is 4.98 Å². The lowest BCUT2D eigenvalue weighted by atomic mass is 10.1. The summed E-state index contributed by atoms with van der Waals surface area (Å²) in [5.41, 5.74) is 2.02. The lowest BCUT2D eigenvalue weighted by Gasteiger charge is -2.20. The lowest BCUT2D eigenvalue weighted by molar-refractivity contribution is 0.187. The normalized spacial score (nSPS) is 18.2. The molecule has 3 N–H and O–H groups in total. The third-order valence-electron chi connectivity index (χ3n) is 4.76. The number of pyridine rings is 1. The topological polar surface area (TPSA) is 72.8 Å². The van der Waals surface area contributed by atoms with Crippen molar-refractivity contribution in [3.8, 4) is 0 Å². The third-order valence-corrected chi connectivity index (χ3v) is 5.06. The van der Waals surface area contributed by atoms with Crippen LogP contribution >= 0.6 is 11.6 Å². The van der Waals surface area contributed by atoms with E-state index in [0.717, 1.165) is 43.0 Å². The summed E-state index contributed by atoms with van der Waals surface area (Å²) in [6.45, 7) is 6.81. The fourth-order valence-electron chi connectivity index (χ4n) is 3.35. The minimum Gasteiger partial charge on any atom is -0.386 e. The van der Waals surface area contributed by atoms with E-state index in [4.69, 9.17) is 11.6 Å². The van der Waals surface area contributed by atoms with Crippen LogP contribution < -0.4 is 15.5 Å². The van der Waals surface area contributed by atoms with E-state index in [9.17, 15) is 5.11 Å². The number of rotatable bonds is 6. The maximum atomic E-state index is 10.5. The number of aliphatic imine (C=N–C) groups is 1. The first-order valence-electron chi connectivity index (χ1n) is 9.71. The first kappa shape index (κ1) is 20.4. The molecule has 2 heterocycles. The van der Waals surface area contributed by atoms with Crippen molar-refractivity contribution < 1.29 is 5.11 Å². The maximum Gasteiger partial charge on any atom is 0.191 e. The number of nitrogens with zero attached hydrogens (tertiary/aromatic N) is 3. The van der Waals surface area contributed by atoms with Crippen molar-refractivity contribution in [3.63, 3.8) is 0 Å². The Bertz CT molecular complexity index is 813. The molecule has 1 aliphatic heterocycles. The number of hydrogen-bond acceptors (Lipinski definition) is 4. The van der Waals surface area contributed by atoms with Crippen molar-refractivity contribution in [2.75, 3.05) is 31.1 Å². The van der Waals surface area contributed by atoms with E-state index in [-0.39, 0.29) is 6.04 Å². The highest BCUT2D eigenvalue weighted by molar-refractivity contribution is 6.32. The number of aliphatic hydroxyl groups excluding tert-OH is 1. The second-order valence-electron chi connectivity index (χ2n) is 7.03. The van der Waals surface area contributed by atoms with Gasteiger partial charge in [0.25, 0.3) is 0 Å². The molecule has 1 aromatic carbocycles. The summed E-state index contributed by atoms with van der Waals surface area (Å²) in [5, 5.41) is 17.9. The maximum absolute atomic E-state index is 10.5. The zero-order valence-electron chi connectivity index (χ0n) is 16.4. The predicted octanol–water partition coefficient (Wildman–Crippen LogP) is 2.91. The molecule has 2 aromatic rings. The van der Waals surface area contributed by atoms with E-state index in [1.807, 2.05) is 50.2 Å². The Morgan fingerprint density at radius 1 is 1.39 bits per heavy atom. The van der Waals surface area contributed by atoms with Crippen molar-refractivity contribution in [2.24, 2.45) is 4.99 Å². The summed E-state index contributed by atoms with van der Waals surface area (Å²) < 4.78 is 0. The largest absolute Gasteiger partial charge is 0.386 e. The molecular weight excluding hydrogens is 374 g/mol. The van der Waals surface area contributed by atoms with Crippen LogP contribution in [0.4, 0.5) is 5.82 Å². The summed E-state index contributed by atoms with van der Waals surface area (Å²) in [5.74, 6) is 1.54. The number of aryl methyl sites for hydroxylation is 1. The molecule has 28 heavy (non-hydrogen) atoms. The van der Waals surface area contributed by atoms with Gasteiger partial charge in [0.15, 0.2) is 5.96 Å². The highest BCUT2D eigenvalue weighted by Crippen LogP contribution is 2.25. The van der Waals surface area contributed by atoms with Gasteiger partial charge in [-0.1, -0.05) is 41.4 Å². The number of hydrogen-bond donors (Lipinski definition) is 3. The van der Waals surface area contributed by atoms with Crippen LogP contribution in [0.15, 0.2) is 47.6 Å². The number of anilines is 1. The molecule has 0 spiro atoms. The van der Waals surface area contributed by atoms with Crippen LogP contribution in [0.25, 0.3) is 0 Å². The molecule has 0 bridgehead atoms. The number of guanidine groups is 1. The van der Waals surface area contributed by atoms with E-state index in [1.165, 1.54) is 0 Å². The van der Waals surface area contributed by atoms with Gasteiger partial charge in [0.05, 0.1) is 17.7 Å². The summed E-state index contributed by atoms with van der Waals surface area (Å²) in [4.78, 5) is 11.2. The molecule has 7 heteroatoms. The van der Waals surface area contributed by atoms with E-state index in [2.05, 4.69) is 25.5 Å². The summed E-state index contributed by atoms with van der Waals surface area (Å²) >= 11 is 6.27. The van der Waals surface area contributed by atoms with Crippen molar-refractivity contribution in [1.82, 2.24) is 15.6 Å². The minimum atomic E-state index is -0.622. The number of aliphatic hydroxyl groups is 1. The molecule has 0 amide bonds. The Kier molecular flexibility index (Phi) is 7.12. The number of halogens is 1. The summed E-state index contributed by atoms with van der Waals surface area (Å²) in [7, 11) is 0. The summed E-state index contributed by atoms with van der Waals surface area (Å²) in [6.07, 6.45) is 2.11. The SMILES string of the molecule is CCNC(=NCC(O)c1cccc(C)c1)NC1CCN(c2ncccc2Cl)C1. The Morgan fingerprint density at radius 3 is 3.00 bits per heavy atom. The summed E-state index contributed by atoms with van der Waals surface area (Å²) in [6, 6.07) is 11.8. The van der Waals surface area contributed by atoms with Gasteiger partial charge in [0, 0.05) is 31.9 Å². The predicted molar refractivity (Wildman–Crippen MR) is 115 cm³/mol. The van der Waals surface area contributed by atoms with E-state index in [1.54, 1.807) is 6.20 Å². The van der Waals surface area contributed by atoms with Crippen LogP contribution in [0.5, 0.6) is 0 Å². The van der Waals surface area contributed by atoms with Gasteiger partial charge in [-0.3, -0.25) is 4.99 Å². The Labute approximate surface area is 171 Å². The molecule has 2 unspecified atom stereocenters. The van der Waals surface area contributed by atoms with Gasteiger partial charge in [0.2, 0.25) is 0 Å². The highest BCUT2D eigenvalue weighted by Gasteiger charge is 2.25. The number of benzene rings is 1. The minimum absolute atomic E-state index is 0.243. The molecule has 1 fully saturated rings. The molecule has 3 rings (SSSR count). The zero-order chi connectivity index (χ0) is 19.9. The monoisotopic (exact) mass is 401 g/mol. The Hall–Kier alpha value is -2.31. The van der Waals surface area contributed by atoms with Crippen molar-refractivity contribution in [3.05, 3.63) is 58.7 Å². The molecule has 1 aromatic heterocycles. The van der Waals surface area contributed by atoms with Crippen LogP contribution in [0.3, 0.4) is 0 Å². The highest BCUT2D eigenvalue weighted by atomic mass is 35.5. The molecule has 2 atom stereocenters. The average molecular weight is 402 g/mol. The van der Waals surface area contributed by atoms with Gasteiger partial charge in [-0.15, -0.1) is 0 Å².